The fourth-order valence-corrected chi connectivity index (χ4v) is 12.7. The number of rotatable bonds is 74. The zero-order valence-electron chi connectivity index (χ0n) is 61.3. The molecule has 3 atom stereocenters. The molecule has 0 aliphatic carbocycles. The molecule has 0 rings (SSSR count). The van der Waals surface area contributed by atoms with E-state index in [0.29, 0.717) is 17.4 Å². The van der Waals surface area contributed by atoms with Gasteiger partial charge >= 0.3 is 0 Å². The van der Waals surface area contributed by atoms with Crippen molar-refractivity contribution in [3.8, 4) is 0 Å². The predicted octanol–water partition coefficient (Wildman–Crippen LogP) is 25.4. The van der Waals surface area contributed by atoms with E-state index in [4.69, 9.17) is 9.05 Å². The van der Waals surface area contributed by atoms with Crippen LogP contribution in [0.15, 0.2) is 72.9 Å². The van der Waals surface area contributed by atoms with Crippen LogP contribution in [-0.4, -0.2) is 68.5 Å². The standard InChI is InChI=1S/C82H155N2O6P/c1-6-8-10-12-14-16-18-20-22-24-26-28-30-32-34-36-38-39-40-41-42-43-44-45-46-48-50-52-54-56-58-60-62-64-66-68-70-72-74-76-82(86)83-80(79-90-91(87,88)89-78-77-84(3,4)5)81(85)75-73-71-69-67-65-63-61-59-57-55-53-51-49-47-37-35-33-31-29-27-25-23-21-19-17-15-13-11-9-7-2/h18,20,24,26,30,32,57,59,65,67,73,75,80-81,85H,6-17,19,21-23,25,27-29,31,33-56,58,60-64,66,68-72,74,76-79H2,1-5H3,(H-,83,86,87,88)/b20-18-,26-24-,32-30-,59-57+,67-65+,75-73+. The first kappa shape index (κ1) is 88.9. The number of amides is 1. The average Bonchev–Trinajstić information content (AvgIpc) is 3.58. The van der Waals surface area contributed by atoms with Gasteiger partial charge < -0.3 is 28.8 Å². The minimum atomic E-state index is -4.62. The van der Waals surface area contributed by atoms with Crippen molar-refractivity contribution in [2.45, 2.75) is 405 Å². The van der Waals surface area contributed by atoms with Crippen LogP contribution in [0.4, 0.5) is 0 Å². The maximum Gasteiger partial charge on any atom is 0.268 e. The summed E-state index contributed by atoms with van der Waals surface area (Å²) in [6.45, 7) is 4.66. The lowest BCUT2D eigenvalue weighted by Crippen LogP contribution is -2.45. The van der Waals surface area contributed by atoms with Crippen LogP contribution < -0.4 is 10.2 Å². The van der Waals surface area contributed by atoms with Crippen LogP contribution in [0.25, 0.3) is 0 Å². The number of nitrogens with one attached hydrogen (secondary N) is 1. The zero-order valence-corrected chi connectivity index (χ0v) is 62.2. The van der Waals surface area contributed by atoms with Gasteiger partial charge in [0, 0.05) is 6.42 Å². The van der Waals surface area contributed by atoms with E-state index in [1.54, 1.807) is 6.08 Å². The molecule has 0 aromatic rings. The monoisotopic (exact) mass is 1300 g/mol. The molecule has 3 unspecified atom stereocenters. The second-order valence-electron chi connectivity index (χ2n) is 28.4. The van der Waals surface area contributed by atoms with Gasteiger partial charge in [-0.25, -0.2) is 0 Å². The van der Waals surface area contributed by atoms with Crippen LogP contribution >= 0.6 is 7.82 Å². The molecule has 0 saturated heterocycles. The first-order chi connectivity index (χ1) is 44.5. The molecule has 534 valence electrons. The van der Waals surface area contributed by atoms with Crippen LogP contribution in [0.5, 0.6) is 0 Å². The number of aliphatic hydroxyl groups is 1. The number of carbonyl (C=O) groups is 1. The van der Waals surface area contributed by atoms with E-state index in [1.807, 2.05) is 27.2 Å². The number of carbonyl (C=O) groups excluding carboxylic acids is 1. The third-order valence-corrected chi connectivity index (χ3v) is 19.1. The number of allylic oxidation sites excluding steroid dienone is 11. The van der Waals surface area contributed by atoms with Crippen molar-refractivity contribution in [2.75, 3.05) is 40.9 Å². The number of hydrogen-bond donors (Lipinski definition) is 2. The molecule has 0 aromatic carbocycles. The van der Waals surface area contributed by atoms with Crippen molar-refractivity contribution >= 4 is 13.7 Å². The fraction of sp³-hybridized carbons (Fsp3) is 0.841. The molecule has 0 bridgehead atoms. The van der Waals surface area contributed by atoms with Gasteiger partial charge in [0.25, 0.3) is 7.82 Å². The highest BCUT2D eigenvalue weighted by Crippen LogP contribution is 2.38. The summed E-state index contributed by atoms with van der Waals surface area (Å²) in [5.41, 5.74) is 0. The number of nitrogens with zero attached hydrogens (tertiary/aromatic N) is 1. The summed E-state index contributed by atoms with van der Waals surface area (Å²) in [5, 5.41) is 14.0. The first-order valence-corrected chi connectivity index (χ1v) is 41.3. The van der Waals surface area contributed by atoms with Crippen molar-refractivity contribution in [1.82, 2.24) is 5.32 Å². The van der Waals surface area contributed by atoms with E-state index in [2.05, 4.69) is 79.9 Å². The normalized spacial score (nSPS) is 13.9. The summed E-state index contributed by atoms with van der Waals surface area (Å²) in [4.78, 5) is 25.7. The Morgan fingerprint density at radius 3 is 0.967 bits per heavy atom. The molecule has 0 heterocycles. The zero-order chi connectivity index (χ0) is 66.2. The van der Waals surface area contributed by atoms with Gasteiger partial charge in [-0.05, 0) is 83.5 Å². The number of unbranched alkanes of at least 4 members (excludes halogenated alkanes) is 51. The maximum atomic E-state index is 13.1. The molecule has 0 saturated carbocycles. The Labute approximate surface area is 567 Å². The summed E-state index contributed by atoms with van der Waals surface area (Å²) in [5.74, 6) is -0.205. The van der Waals surface area contributed by atoms with Gasteiger partial charge in [0.2, 0.25) is 5.91 Å². The Balaban J connectivity index is 4.00. The molecule has 0 spiro atoms. The molecule has 1 amide bonds. The third kappa shape index (κ3) is 75.2. The molecule has 91 heavy (non-hydrogen) atoms. The lowest BCUT2D eigenvalue weighted by Gasteiger charge is -2.29. The van der Waals surface area contributed by atoms with Crippen LogP contribution in [0.2, 0.25) is 0 Å². The van der Waals surface area contributed by atoms with Gasteiger partial charge in [-0.3, -0.25) is 9.36 Å². The molecule has 0 aliphatic heterocycles. The van der Waals surface area contributed by atoms with Crippen LogP contribution in [0.3, 0.4) is 0 Å². The smallest absolute Gasteiger partial charge is 0.268 e. The summed E-state index contributed by atoms with van der Waals surface area (Å²) in [6, 6.07) is -0.913. The molecule has 9 heteroatoms. The topological polar surface area (TPSA) is 108 Å². The van der Waals surface area contributed by atoms with Crippen molar-refractivity contribution in [3.05, 3.63) is 72.9 Å². The number of phosphoric ester groups is 1. The lowest BCUT2D eigenvalue weighted by molar-refractivity contribution is -0.870. The molecule has 0 radical (unpaired) electrons. The number of hydrogen-bond acceptors (Lipinski definition) is 6. The Bertz CT molecular complexity index is 1720. The van der Waals surface area contributed by atoms with Gasteiger partial charge in [0.05, 0.1) is 39.9 Å². The van der Waals surface area contributed by atoms with Crippen molar-refractivity contribution in [2.24, 2.45) is 0 Å². The van der Waals surface area contributed by atoms with E-state index in [9.17, 15) is 19.4 Å². The van der Waals surface area contributed by atoms with Gasteiger partial charge in [0.15, 0.2) is 0 Å². The van der Waals surface area contributed by atoms with Crippen LogP contribution in [0, 0.1) is 0 Å². The third-order valence-electron chi connectivity index (χ3n) is 18.1. The number of aliphatic hydroxyl groups excluding tert-OH is 1. The summed E-state index contributed by atoms with van der Waals surface area (Å²) >= 11 is 0. The Hall–Kier alpha value is -2.06. The lowest BCUT2D eigenvalue weighted by atomic mass is 10.0. The molecule has 2 N–H and O–H groups in total. The fourth-order valence-electron chi connectivity index (χ4n) is 12.0. The number of phosphoric acid groups is 1. The van der Waals surface area contributed by atoms with Crippen LogP contribution in [-0.2, 0) is 18.4 Å². The van der Waals surface area contributed by atoms with E-state index >= 15 is 0 Å². The second kappa shape index (κ2) is 72.2. The van der Waals surface area contributed by atoms with Crippen LogP contribution in [0.1, 0.15) is 393 Å². The molecular weight excluding hydrogens is 1140 g/mol. The van der Waals surface area contributed by atoms with Gasteiger partial charge in [-0.1, -0.05) is 376 Å². The minimum absolute atomic E-state index is 0.00897. The minimum Gasteiger partial charge on any atom is -0.756 e. The van der Waals surface area contributed by atoms with Gasteiger partial charge in [-0.15, -0.1) is 0 Å². The Kier molecular flexibility index (Phi) is 70.6. The van der Waals surface area contributed by atoms with E-state index in [1.165, 1.54) is 315 Å². The molecule has 0 aliphatic rings. The molecule has 0 aromatic heterocycles. The van der Waals surface area contributed by atoms with E-state index in [-0.39, 0.29) is 12.5 Å². The van der Waals surface area contributed by atoms with Gasteiger partial charge in [-0.2, -0.15) is 0 Å². The molecular formula is C82H155N2O6P. The predicted molar refractivity (Wildman–Crippen MR) is 399 cm³/mol. The SMILES string of the molecule is CCCCCCC/C=C\C/C=C\C/C=C\CCCCCCCCCCCCCCCCCCCCCCCCCCC(=O)NC(COP(=O)([O-])OCC[N+](C)(C)C)C(O)/C=C/CC/C=C/CC/C=C/CCCCCCCCCCCCCCCCCCCCCC. The quantitative estimate of drug-likeness (QED) is 0.0272. The van der Waals surface area contributed by atoms with E-state index in [0.717, 1.165) is 57.8 Å². The molecule has 8 nitrogen and oxygen atoms in total. The summed E-state index contributed by atoms with van der Waals surface area (Å²) < 4.78 is 23.5. The Morgan fingerprint density at radius 1 is 0.385 bits per heavy atom. The van der Waals surface area contributed by atoms with Crippen molar-refractivity contribution in [3.63, 3.8) is 0 Å². The van der Waals surface area contributed by atoms with Gasteiger partial charge in [0.1, 0.15) is 13.2 Å². The van der Waals surface area contributed by atoms with Crippen molar-refractivity contribution < 1.29 is 32.9 Å². The second-order valence-corrected chi connectivity index (χ2v) is 29.8. The largest absolute Gasteiger partial charge is 0.756 e. The summed E-state index contributed by atoms with van der Waals surface area (Å²) in [7, 11) is 1.25. The summed E-state index contributed by atoms with van der Waals surface area (Å²) in [6.07, 6.45) is 102. The highest BCUT2D eigenvalue weighted by atomic mass is 31.2. The Morgan fingerprint density at radius 2 is 0.648 bits per heavy atom. The number of likely N-dealkylation sites (N-methyl/N-ethyl adjacent to an activating group) is 1. The van der Waals surface area contributed by atoms with E-state index < -0.39 is 26.6 Å². The highest BCUT2D eigenvalue weighted by molar-refractivity contribution is 7.45. The molecule has 0 fully saturated rings. The maximum absolute atomic E-state index is 13.1. The average molecular weight is 1300 g/mol. The van der Waals surface area contributed by atoms with Crippen molar-refractivity contribution in [1.29, 1.82) is 0 Å². The highest BCUT2D eigenvalue weighted by Gasteiger charge is 2.23. The number of quaternary nitrogens is 1. The first-order valence-electron chi connectivity index (χ1n) is 39.8.